The Balaban J connectivity index is 1.06. The summed E-state index contributed by atoms with van der Waals surface area (Å²) >= 11 is 0. The number of nitrogens with zero attached hydrogens (tertiary/aromatic N) is 2. The van der Waals surface area contributed by atoms with Crippen LogP contribution < -0.4 is 4.90 Å². The molecule has 0 amide bonds. The van der Waals surface area contributed by atoms with Gasteiger partial charge in [-0.2, -0.15) is 0 Å². The predicted molar refractivity (Wildman–Crippen MR) is 290 cm³/mol. The molecule has 0 spiro atoms. The van der Waals surface area contributed by atoms with Gasteiger partial charge in [0.2, 0.25) is 0 Å². The van der Waals surface area contributed by atoms with Crippen molar-refractivity contribution in [3.05, 3.63) is 267 Å². The summed E-state index contributed by atoms with van der Waals surface area (Å²) in [4.78, 5) is 2.49. The second-order valence-corrected chi connectivity index (χ2v) is 17.6. The van der Waals surface area contributed by atoms with Gasteiger partial charge in [-0.15, -0.1) is 0 Å². The second-order valence-electron chi connectivity index (χ2n) is 17.6. The van der Waals surface area contributed by atoms with Crippen LogP contribution in [0, 0.1) is 0 Å². The van der Waals surface area contributed by atoms with Gasteiger partial charge in [0.05, 0.1) is 22.4 Å². The van der Waals surface area contributed by atoms with Gasteiger partial charge in [-0.05, 0) is 114 Å². The first-order valence-corrected chi connectivity index (χ1v) is 23.4. The zero-order valence-corrected chi connectivity index (χ0v) is 37.3. The van der Waals surface area contributed by atoms with Crippen LogP contribution in [0.4, 0.5) is 17.1 Å². The van der Waals surface area contributed by atoms with E-state index < -0.39 is 0 Å². The van der Waals surface area contributed by atoms with E-state index in [0.29, 0.717) is 0 Å². The molecule has 12 aromatic carbocycles. The van der Waals surface area contributed by atoms with E-state index in [1.54, 1.807) is 0 Å². The fraction of sp³-hybridized carbons (Fsp3) is 0. The van der Waals surface area contributed by atoms with E-state index in [1.165, 1.54) is 87.5 Å². The van der Waals surface area contributed by atoms with Gasteiger partial charge in [0.1, 0.15) is 0 Å². The summed E-state index contributed by atoms with van der Waals surface area (Å²) in [6, 6.07) is 97.6. The highest BCUT2D eigenvalue weighted by Crippen LogP contribution is 2.49. The highest BCUT2D eigenvalue weighted by atomic mass is 15.1. The molecule has 0 bridgehead atoms. The van der Waals surface area contributed by atoms with Crippen molar-refractivity contribution in [2.45, 2.75) is 0 Å². The van der Waals surface area contributed by atoms with Crippen LogP contribution in [-0.2, 0) is 0 Å². The maximum atomic E-state index is 2.49. The van der Waals surface area contributed by atoms with Gasteiger partial charge in [-0.1, -0.05) is 218 Å². The van der Waals surface area contributed by atoms with Crippen molar-refractivity contribution in [2.75, 3.05) is 4.90 Å². The maximum absolute atomic E-state index is 2.49. The van der Waals surface area contributed by atoms with E-state index >= 15 is 0 Å². The van der Waals surface area contributed by atoms with E-state index in [-0.39, 0.29) is 0 Å². The Labute approximate surface area is 395 Å². The molecule has 2 nitrogen and oxygen atoms in total. The summed E-state index contributed by atoms with van der Waals surface area (Å²) in [7, 11) is 0. The molecule has 13 rings (SSSR count). The van der Waals surface area contributed by atoms with E-state index in [4.69, 9.17) is 0 Å². The highest BCUT2D eigenvalue weighted by Gasteiger charge is 2.24. The molecule has 1 aromatic heterocycles. The topological polar surface area (TPSA) is 8.17 Å². The van der Waals surface area contributed by atoms with E-state index in [1.807, 2.05) is 0 Å². The summed E-state index contributed by atoms with van der Waals surface area (Å²) in [5.41, 5.74) is 16.2. The van der Waals surface area contributed by atoms with Crippen LogP contribution in [0.3, 0.4) is 0 Å². The lowest BCUT2D eigenvalue weighted by Crippen LogP contribution is -2.12. The molecule has 0 aliphatic heterocycles. The number of hydrogen-bond acceptors (Lipinski definition) is 1. The molecule has 0 radical (unpaired) electrons. The zero-order chi connectivity index (χ0) is 45.0. The Morgan fingerprint density at radius 2 is 0.750 bits per heavy atom. The number of hydrogen-bond donors (Lipinski definition) is 0. The van der Waals surface area contributed by atoms with Crippen molar-refractivity contribution in [2.24, 2.45) is 0 Å². The molecule has 0 unspecified atom stereocenters. The third kappa shape index (κ3) is 6.49. The Morgan fingerprint density at radius 3 is 1.50 bits per heavy atom. The number of benzene rings is 12. The monoisotopic (exact) mass is 864 g/mol. The fourth-order valence-corrected chi connectivity index (χ4v) is 10.8. The molecular weight excluding hydrogens is 821 g/mol. The quantitative estimate of drug-likeness (QED) is 0.138. The average Bonchev–Trinajstić information content (AvgIpc) is 3.76. The van der Waals surface area contributed by atoms with Crippen molar-refractivity contribution in [1.29, 1.82) is 0 Å². The normalized spacial score (nSPS) is 11.5. The smallest absolute Gasteiger partial charge is 0.0547 e. The molecule has 318 valence electrons. The Morgan fingerprint density at radius 1 is 0.250 bits per heavy atom. The lowest BCUT2D eigenvalue weighted by atomic mass is 9.90. The predicted octanol–water partition coefficient (Wildman–Crippen LogP) is 18.4. The van der Waals surface area contributed by atoms with Crippen LogP contribution >= 0.6 is 0 Å². The molecule has 2 heteroatoms. The van der Waals surface area contributed by atoms with Crippen LogP contribution in [0.2, 0.25) is 0 Å². The van der Waals surface area contributed by atoms with Gasteiger partial charge >= 0.3 is 0 Å². The van der Waals surface area contributed by atoms with Crippen molar-refractivity contribution in [1.82, 2.24) is 4.57 Å². The maximum Gasteiger partial charge on any atom is 0.0547 e. The van der Waals surface area contributed by atoms with Gasteiger partial charge in [0, 0.05) is 33.3 Å². The molecule has 1 heterocycles. The van der Waals surface area contributed by atoms with Crippen LogP contribution in [-0.4, -0.2) is 4.57 Å². The molecular formula is C66H44N2. The second kappa shape index (κ2) is 16.5. The summed E-state index contributed by atoms with van der Waals surface area (Å²) < 4.78 is 2.41. The summed E-state index contributed by atoms with van der Waals surface area (Å²) in [5, 5.41) is 9.93. The molecule has 68 heavy (non-hydrogen) atoms. The molecule has 0 aliphatic carbocycles. The van der Waals surface area contributed by atoms with Crippen LogP contribution in [0.5, 0.6) is 0 Å². The molecule has 0 atom stereocenters. The number of anilines is 3. The fourth-order valence-electron chi connectivity index (χ4n) is 10.8. The molecule has 0 N–H and O–H groups in total. The van der Waals surface area contributed by atoms with Gasteiger partial charge in [0.25, 0.3) is 0 Å². The van der Waals surface area contributed by atoms with Crippen molar-refractivity contribution in [3.8, 4) is 50.2 Å². The van der Waals surface area contributed by atoms with Crippen molar-refractivity contribution < 1.29 is 0 Å². The third-order valence-electron chi connectivity index (χ3n) is 13.8. The van der Waals surface area contributed by atoms with Crippen molar-refractivity contribution in [3.63, 3.8) is 0 Å². The highest BCUT2D eigenvalue weighted by molar-refractivity contribution is 6.18. The minimum absolute atomic E-state index is 1.07. The Hall–Kier alpha value is -8.98. The lowest BCUT2D eigenvalue weighted by molar-refractivity contribution is 1.18. The minimum atomic E-state index is 1.07. The summed E-state index contributed by atoms with van der Waals surface area (Å²) in [6.45, 7) is 0. The van der Waals surface area contributed by atoms with Crippen LogP contribution in [0.15, 0.2) is 267 Å². The number of rotatable bonds is 8. The molecule has 13 aromatic rings. The van der Waals surface area contributed by atoms with Gasteiger partial charge in [-0.3, -0.25) is 0 Å². The largest absolute Gasteiger partial charge is 0.309 e. The van der Waals surface area contributed by atoms with Crippen molar-refractivity contribution >= 4 is 71.2 Å². The summed E-state index contributed by atoms with van der Waals surface area (Å²) in [6.07, 6.45) is 0. The number of fused-ring (bicyclic) bond motifs is 7. The molecule has 0 aliphatic rings. The number of aromatic nitrogens is 1. The van der Waals surface area contributed by atoms with Gasteiger partial charge in [0.15, 0.2) is 0 Å². The van der Waals surface area contributed by atoms with Crippen LogP contribution in [0.25, 0.3) is 104 Å². The first kappa shape index (κ1) is 39.4. The third-order valence-corrected chi connectivity index (χ3v) is 13.8. The Kier molecular flexibility index (Phi) is 9.54. The molecule has 0 saturated carbocycles. The first-order chi connectivity index (χ1) is 33.8. The lowest BCUT2D eigenvalue weighted by Gasteiger charge is -2.30. The molecule has 0 fully saturated rings. The molecule has 0 saturated heterocycles. The summed E-state index contributed by atoms with van der Waals surface area (Å²) in [5.74, 6) is 0. The average molecular weight is 865 g/mol. The zero-order valence-electron chi connectivity index (χ0n) is 37.3. The van der Waals surface area contributed by atoms with E-state index in [2.05, 4.69) is 276 Å². The number of para-hydroxylation sites is 4. The van der Waals surface area contributed by atoms with Gasteiger partial charge < -0.3 is 9.47 Å². The Bertz CT molecular complexity index is 4010. The van der Waals surface area contributed by atoms with E-state index in [0.717, 1.165) is 33.9 Å². The van der Waals surface area contributed by atoms with E-state index in [9.17, 15) is 0 Å². The van der Waals surface area contributed by atoms with Gasteiger partial charge in [-0.25, -0.2) is 0 Å². The SMILES string of the molecule is c1ccc(-c2cccc3cccc(-c4ccccc4N(c4ccc(-c5cccc6c5ccc5ccccc56)cc4)c4ccccc4-c4cccc5c4c4ccccc4n5-c4ccccc4)c23)cc1. The first-order valence-electron chi connectivity index (χ1n) is 23.4. The minimum Gasteiger partial charge on any atom is -0.309 e. The standard InChI is InChI=1S/C66H44N2/c1-3-19-45(20-4-1)53-31-15-22-48-23-16-33-58(65(48)53)56-27-9-12-35-61(56)67(50-42-39-47(40-43-50)52-30-17-32-54-51-26-8-7-21-46(51)41-44-55(52)54)62-36-13-10-28-57(62)59-34-18-38-64-66(59)60-29-11-14-37-63(60)68(64)49-24-5-2-6-25-49/h1-44H. The van der Waals surface area contributed by atoms with Crippen LogP contribution in [0.1, 0.15) is 0 Å².